The van der Waals surface area contributed by atoms with Crippen LogP contribution < -0.4 is 0 Å². The first-order valence-electron chi connectivity index (χ1n) is 6.30. The van der Waals surface area contributed by atoms with Crippen molar-refractivity contribution in [2.24, 2.45) is 5.92 Å². The average molecular weight is 277 g/mol. The molecule has 4 heteroatoms. The summed E-state index contributed by atoms with van der Waals surface area (Å²) in [6.07, 6.45) is 3.87. The third kappa shape index (κ3) is 2.96. The van der Waals surface area contributed by atoms with Gasteiger partial charge in [-0.1, -0.05) is 35.4 Å². The Kier molecular flexibility index (Phi) is 3.92. The highest BCUT2D eigenvalue weighted by molar-refractivity contribution is 7.89. The molecule has 0 aromatic heterocycles. The van der Waals surface area contributed by atoms with Crippen LogP contribution in [0, 0.1) is 12.8 Å². The quantitative estimate of drug-likeness (QED) is 0.797. The molecule has 1 unspecified atom stereocenters. The number of hydrogen-bond acceptors (Lipinski definition) is 2. The molecule has 0 spiro atoms. The zero-order valence-electron chi connectivity index (χ0n) is 11.3. The monoisotopic (exact) mass is 277 g/mol. The van der Waals surface area contributed by atoms with E-state index in [1.807, 2.05) is 26.0 Å². The Balaban J connectivity index is 2.33. The van der Waals surface area contributed by atoms with Crippen LogP contribution >= 0.6 is 0 Å². The van der Waals surface area contributed by atoms with E-state index < -0.39 is 10.0 Å². The largest absolute Gasteiger partial charge is 0.243 e. The number of sulfonamides is 1. The van der Waals surface area contributed by atoms with Crippen molar-refractivity contribution in [3.8, 4) is 0 Å². The molecule has 0 aliphatic carbocycles. The van der Waals surface area contributed by atoms with Gasteiger partial charge in [-0.05, 0) is 26.0 Å². The Bertz CT molecular complexity index is 600. The van der Waals surface area contributed by atoms with Crippen molar-refractivity contribution < 1.29 is 8.42 Å². The Morgan fingerprint density at radius 3 is 2.47 bits per heavy atom. The summed E-state index contributed by atoms with van der Waals surface area (Å²) in [5.41, 5.74) is 2.12. The maximum Gasteiger partial charge on any atom is 0.243 e. The fourth-order valence-electron chi connectivity index (χ4n) is 2.23. The molecule has 0 amide bonds. The van der Waals surface area contributed by atoms with E-state index in [1.165, 1.54) is 4.31 Å². The van der Waals surface area contributed by atoms with Gasteiger partial charge in [0.15, 0.2) is 0 Å². The number of rotatable bonds is 3. The van der Waals surface area contributed by atoms with Crippen LogP contribution in [-0.2, 0) is 10.0 Å². The highest BCUT2D eigenvalue weighted by Gasteiger charge is 2.28. The standard InChI is InChI=1S/C15H19NO2S/c1-4-14-9-13(3)10-16(11-14)19(17,18)15-7-5-12(2)6-8-15/h4-9,14H,1,10-11H2,2-3H3. The number of benzene rings is 1. The molecule has 0 saturated heterocycles. The van der Waals surface area contributed by atoms with Gasteiger partial charge >= 0.3 is 0 Å². The van der Waals surface area contributed by atoms with Gasteiger partial charge < -0.3 is 0 Å². The Hall–Kier alpha value is -1.39. The molecule has 1 aliphatic rings. The average Bonchev–Trinajstić information content (AvgIpc) is 2.38. The zero-order valence-corrected chi connectivity index (χ0v) is 12.2. The lowest BCUT2D eigenvalue weighted by Crippen LogP contribution is -2.38. The molecule has 0 fully saturated rings. The molecule has 1 aromatic rings. The molecule has 1 aromatic carbocycles. The van der Waals surface area contributed by atoms with Gasteiger partial charge in [0.2, 0.25) is 10.0 Å². The summed E-state index contributed by atoms with van der Waals surface area (Å²) in [4.78, 5) is 0.357. The predicted octanol–water partition coefficient (Wildman–Crippen LogP) is 2.75. The molecule has 0 saturated carbocycles. The summed E-state index contributed by atoms with van der Waals surface area (Å²) in [7, 11) is -3.41. The van der Waals surface area contributed by atoms with E-state index in [0.29, 0.717) is 18.0 Å². The van der Waals surface area contributed by atoms with Crippen LogP contribution in [-0.4, -0.2) is 25.8 Å². The minimum absolute atomic E-state index is 0.0916. The first-order valence-corrected chi connectivity index (χ1v) is 7.74. The molecule has 2 rings (SSSR count). The fraction of sp³-hybridized carbons (Fsp3) is 0.333. The van der Waals surface area contributed by atoms with Crippen molar-refractivity contribution >= 4 is 10.0 Å². The van der Waals surface area contributed by atoms with E-state index in [1.54, 1.807) is 18.2 Å². The summed E-state index contributed by atoms with van der Waals surface area (Å²) in [6.45, 7) is 8.58. The second kappa shape index (κ2) is 5.31. The van der Waals surface area contributed by atoms with E-state index in [-0.39, 0.29) is 5.92 Å². The molecule has 102 valence electrons. The predicted molar refractivity (Wildman–Crippen MR) is 77.4 cm³/mol. The molecule has 3 nitrogen and oxygen atoms in total. The number of hydrogen-bond donors (Lipinski definition) is 0. The van der Waals surface area contributed by atoms with Crippen molar-refractivity contribution in [3.05, 3.63) is 54.1 Å². The van der Waals surface area contributed by atoms with Crippen molar-refractivity contribution in [1.29, 1.82) is 0 Å². The van der Waals surface area contributed by atoms with Crippen molar-refractivity contribution in [2.75, 3.05) is 13.1 Å². The van der Waals surface area contributed by atoms with Crippen LogP contribution in [0.1, 0.15) is 12.5 Å². The number of nitrogens with zero attached hydrogens (tertiary/aromatic N) is 1. The lowest BCUT2D eigenvalue weighted by molar-refractivity contribution is 0.399. The van der Waals surface area contributed by atoms with Crippen LogP contribution in [0.25, 0.3) is 0 Å². The van der Waals surface area contributed by atoms with Gasteiger partial charge in [-0.25, -0.2) is 8.42 Å². The zero-order chi connectivity index (χ0) is 14.0. The van der Waals surface area contributed by atoms with E-state index in [4.69, 9.17) is 0 Å². The Morgan fingerprint density at radius 1 is 1.26 bits per heavy atom. The lowest BCUT2D eigenvalue weighted by atomic mass is 10.0. The van der Waals surface area contributed by atoms with Crippen LogP contribution in [0.15, 0.2) is 53.5 Å². The van der Waals surface area contributed by atoms with Gasteiger partial charge in [-0.15, -0.1) is 6.58 Å². The van der Waals surface area contributed by atoms with Gasteiger partial charge in [0.1, 0.15) is 0 Å². The van der Waals surface area contributed by atoms with Crippen molar-refractivity contribution in [1.82, 2.24) is 4.31 Å². The molecular weight excluding hydrogens is 258 g/mol. The molecule has 19 heavy (non-hydrogen) atoms. The summed E-state index contributed by atoms with van der Waals surface area (Å²) in [6, 6.07) is 6.98. The fourth-order valence-corrected chi connectivity index (χ4v) is 3.75. The molecule has 0 bridgehead atoms. The molecule has 1 heterocycles. The maximum atomic E-state index is 12.6. The highest BCUT2D eigenvalue weighted by Crippen LogP contribution is 2.23. The molecule has 1 aliphatic heterocycles. The Labute approximate surface area is 115 Å². The maximum absolute atomic E-state index is 12.6. The second-order valence-electron chi connectivity index (χ2n) is 5.02. The second-order valence-corrected chi connectivity index (χ2v) is 6.96. The number of aryl methyl sites for hydroxylation is 1. The van der Waals surface area contributed by atoms with Crippen LogP contribution in [0.2, 0.25) is 0 Å². The molecule has 0 radical (unpaired) electrons. The minimum atomic E-state index is -3.41. The van der Waals surface area contributed by atoms with Crippen LogP contribution in [0.4, 0.5) is 0 Å². The van der Waals surface area contributed by atoms with Crippen molar-refractivity contribution in [3.63, 3.8) is 0 Å². The van der Waals surface area contributed by atoms with Gasteiger partial charge in [0.25, 0.3) is 0 Å². The van der Waals surface area contributed by atoms with Gasteiger partial charge in [0.05, 0.1) is 4.90 Å². The van der Waals surface area contributed by atoms with E-state index >= 15 is 0 Å². The molecule has 0 N–H and O–H groups in total. The minimum Gasteiger partial charge on any atom is -0.207 e. The highest BCUT2D eigenvalue weighted by atomic mass is 32.2. The van der Waals surface area contributed by atoms with Crippen LogP contribution in [0.3, 0.4) is 0 Å². The Morgan fingerprint density at radius 2 is 1.89 bits per heavy atom. The lowest BCUT2D eigenvalue weighted by Gasteiger charge is -2.29. The van der Waals surface area contributed by atoms with Gasteiger partial charge in [-0.2, -0.15) is 4.31 Å². The van der Waals surface area contributed by atoms with E-state index in [0.717, 1.165) is 11.1 Å². The van der Waals surface area contributed by atoms with Gasteiger partial charge in [0, 0.05) is 19.0 Å². The third-order valence-electron chi connectivity index (χ3n) is 3.30. The normalized spacial score (nSPS) is 20.9. The van der Waals surface area contributed by atoms with E-state index in [2.05, 4.69) is 12.7 Å². The molecular formula is C15H19NO2S. The smallest absolute Gasteiger partial charge is 0.207 e. The van der Waals surface area contributed by atoms with Crippen molar-refractivity contribution in [2.45, 2.75) is 18.7 Å². The topological polar surface area (TPSA) is 37.4 Å². The summed E-state index contributed by atoms with van der Waals surface area (Å²) >= 11 is 0. The first kappa shape index (κ1) is 14.0. The third-order valence-corrected chi connectivity index (χ3v) is 5.13. The first-order chi connectivity index (χ1) is 8.93. The summed E-state index contributed by atoms with van der Waals surface area (Å²) < 4.78 is 26.7. The van der Waals surface area contributed by atoms with Crippen LogP contribution in [0.5, 0.6) is 0 Å². The molecule has 1 atom stereocenters. The summed E-state index contributed by atoms with van der Waals surface area (Å²) in [5.74, 6) is 0.0916. The SMILES string of the molecule is C=CC1C=C(C)CN(S(=O)(=O)c2ccc(C)cc2)C1. The van der Waals surface area contributed by atoms with E-state index in [9.17, 15) is 8.42 Å². The summed E-state index contributed by atoms with van der Waals surface area (Å²) in [5, 5.41) is 0. The van der Waals surface area contributed by atoms with Gasteiger partial charge in [-0.3, -0.25) is 0 Å².